The highest BCUT2D eigenvalue weighted by molar-refractivity contribution is 5.96. The van der Waals surface area contributed by atoms with E-state index in [-0.39, 0.29) is 0 Å². The number of nitrogens with one attached hydrogen (secondary N) is 1. The van der Waals surface area contributed by atoms with Gasteiger partial charge in [-0.1, -0.05) is 12.1 Å². The van der Waals surface area contributed by atoms with Gasteiger partial charge in [0.2, 0.25) is 5.88 Å². The molecule has 22 heavy (non-hydrogen) atoms. The molecule has 4 heteroatoms. The number of aromatic nitrogens is 3. The van der Waals surface area contributed by atoms with E-state index in [2.05, 4.69) is 33.2 Å². The lowest BCUT2D eigenvalue weighted by Crippen LogP contribution is -1.93. The molecule has 0 aliphatic rings. The highest BCUT2D eigenvalue weighted by atomic mass is 16.5. The lowest BCUT2D eigenvalue weighted by Gasteiger charge is -2.04. The number of pyridine rings is 2. The summed E-state index contributed by atoms with van der Waals surface area (Å²) in [5.74, 6) is 0.645. The van der Waals surface area contributed by atoms with E-state index in [0.717, 1.165) is 33.1 Å². The average molecular weight is 289 g/mol. The third kappa shape index (κ3) is 2.09. The molecule has 0 amide bonds. The second kappa shape index (κ2) is 5.15. The van der Waals surface area contributed by atoms with Crippen LogP contribution in [0.5, 0.6) is 5.88 Å². The summed E-state index contributed by atoms with van der Waals surface area (Å²) < 4.78 is 5.45. The number of hydrogen-bond acceptors (Lipinski definition) is 3. The van der Waals surface area contributed by atoms with E-state index < -0.39 is 0 Å². The van der Waals surface area contributed by atoms with Gasteiger partial charge in [0, 0.05) is 34.8 Å². The molecular formula is C18H15N3O. The van der Waals surface area contributed by atoms with Gasteiger partial charge in [-0.15, -0.1) is 0 Å². The van der Waals surface area contributed by atoms with E-state index in [1.54, 1.807) is 0 Å². The van der Waals surface area contributed by atoms with E-state index in [0.29, 0.717) is 12.5 Å². The molecule has 0 fully saturated rings. The molecule has 0 unspecified atom stereocenters. The molecule has 4 rings (SSSR count). The van der Waals surface area contributed by atoms with E-state index in [1.165, 1.54) is 0 Å². The predicted molar refractivity (Wildman–Crippen MR) is 88.0 cm³/mol. The van der Waals surface area contributed by atoms with Gasteiger partial charge in [0.1, 0.15) is 5.65 Å². The van der Waals surface area contributed by atoms with Gasteiger partial charge in [-0.25, -0.2) is 0 Å². The number of fused-ring (bicyclic) bond motifs is 2. The highest BCUT2D eigenvalue weighted by Gasteiger charge is 2.09. The molecule has 108 valence electrons. The van der Waals surface area contributed by atoms with Crippen molar-refractivity contribution in [2.24, 2.45) is 0 Å². The zero-order valence-corrected chi connectivity index (χ0v) is 12.2. The minimum atomic E-state index is 0.615. The number of rotatable bonds is 3. The first kappa shape index (κ1) is 12.8. The van der Waals surface area contributed by atoms with Crippen LogP contribution in [0, 0.1) is 0 Å². The summed E-state index contributed by atoms with van der Waals surface area (Å²) in [5.41, 5.74) is 4.13. The summed E-state index contributed by atoms with van der Waals surface area (Å²) in [4.78, 5) is 12.1. The molecule has 4 aromatic rings. The Hall–Kier alpha value is -2.88. The fraction of sp³-hybridized carbons (Fsp3) is 0.111. The molecule has 4 nitrogen and oxygen atoms in total. The standard InChI is InChI=1S/C18H15N3O/c1-2-22-17-8-6-14-15(11-20-18(14)21-17)12-5-7-16-13(10-12)4-3-9-19-16/h3-11H,2H2,1H3,(H,20,21). The van der Waals surface area contributed by atoms with Gasteiger partial charge in [0.05, 0.1) is 12.1 Å². The van der Waals surface area contributed by atoms with Gasteiger partial charge in [-0.05, 0) is 36.8 Å². The third-order valence-electron chi connectivity index (χ3n) is 3.72. The Labute approximate surface area is 127 Å². The fourth-order valence-corrected chi connectivity index (χ4v) is 2.70. The maximum Gasteiger partial charge on any atom is 0.215 e. The van der Waals surface area contributed by atoms with Crippen LogP contribution in [0.4, 0.5) is 0 Å². The first-order valence-electron chi connectivity index (χ1n) is 7.31. The van der Waals surface area contributed by atoms with Crippen molar-refractivity contribution in [1.82, 2.24) is 15.0 Å². The van der Waals surface area contributed by atoms with Crippen LogP contribution in [-0.4, -0.2) is 21.6 Å². The molecule has 0 aliphatic carbocycles. The number of ether oxygens (including phenoxy) is 1. The van der Waals surface area contributed by atoms with Crippen molar-refractivity contribution >= 4 is 21.9 Å². The topological polar surface area (TPSA) is 50.8 Å². The minimum absolute atomic E-state index is 0.615. The van der Waals surface area contributed by atoms with Gasteiger partial charge in [0.25, 0.3) is 0 Å². The molecule has 3 aromatic heterocycles. The van der Waals surface area contributed by atoms with Crippen molar-refractivity contribution in [3.8, 4) is 17.0 Å². The zero-order chi connectivity index (χ0) is 14.9. The molecular weight excluding hydrogens is 274 g/mol. The van der Waals surface area contributed by atoms with Crippen molar-refractivity contribution in [2.45, 2.75) is 6.92 Å². The zero-order valence-electron chi connectivity index (χ0n) is 12.2. The number of nitrogens with zero attached hydrogens (tertiary/aromatic N) is 2. The Bertz CT molecular complexity index is 959. The Morgan fingerprint density at radius 2 is 2.09 bits per heavy atom. The van der Waals surface area contributed by atoms with Crippen molar-refractivity contribution in [2.75, 3.05) is 6.61 Å². The minimum Gasteiger partial charge on any atom is -0.478 e. The normalized spacial score (nSPS) is 11.1. The second-order valence-corrected chi connectivity index (χ2v) is 5.09. The predicted octanol–water partition coefficient (Wildman–Crippen LogP) is 4.18. The van der Waals surface area contributed by atoms with E-state index >= 15 is 0 Å². The number of hydrogen-bond donors (Lipinski definition) is 1. The summed E-state index contributed by atoms with van der Waals surface area (Å²) in [7, 11) is 0. The van der Waals surface area contributed by atoms with Crippen molar-refractivity contribution < 1.29 is 4.74 Å². The molecule has 0 radical (unpaired) electrons. The fourth-order valence-electron chi connectivity index (χ4n) is 2.70. The van der Waals surface area contributed by atoms with Crippen LogP contribution >= 0.6 is 0 Å². The lowest BCUT2D eigenvalue weighted by atomic mass is 10.0. The lowest BCUT2D eigenvalue weighted by molar-refractivity contribution is 0.328. The van der Waals surface area contributed by atoms with Crippen LogP contribution < -0.4 is 4.74 Å². The Morgan fingerprint density at radius 1 is 1.14 bits per heavy atom. The molecule has 0 spiro atoms. The largest absolute Gasteiger partial charge is 0.478 e. The van der Waals surface area contributed by atoms with Crippen LogP contribution in [-0.2, 0) is 0 Å². The van der Waals surface area contributed by atoms with Crippen LogP contribution in [0.25, 0.3) is 33.1 Å². The molecule has 3 heterocycles. The van der Waals surface area contributed by atoms with Crippen molar-refractivity contribution in [3.63, 3.8) is 0 Å². The first-order chi connectivity index (χ1) is 10.8. The molecule has 0 bridgehead atoms. The monoisotopic (exact) mass is 289 g/mol. The molecule has 1 N–H and O–H groups in total. The van der Waals surface area contributed by atoms with Crippen LogP contribution in [0.15, 0.2) is 54.9 Å². The number of H-pyrrole nitrogens is 1. The molecule has 0 saturated carbocycles. The van der Waals surface area contributed by atoms with Crippen molar-refractivity contribution in [3.05, 3.63) is 54.9 Å². The molecule has 0 aliphatic heterocycles. The molecule has 0 saturated heterocycles. The second-order valence-electron chi connectivity index (χ2n) is 5.09. The number of benzene rings is 1. The first-order valence-corrected chi connectivity index (χ1v) is 7.31. The maximum atomic E-state index is 5.45. The summed E-state index contributed by atoms with van der Waals surface area (Å²) in [6.45, 7) is 2.57. The van der Waals surface area contributed by atoms with Gasteiger partial charge < -0.3 is 9.72 Å². The third-order valence-corrected chi connectivity index (χ3v) is 3.72. The van der Waals surface area contributed by atoms with E-state index in [9.17, 15) is 0 Å². The van der Waals surface area contributed by atoms with Gasteiger partial charge in [-0.3, -0.25) is 4.98 Å². The summed E-state index contributed by atoms with van der Waals surface area (Å²) in [5, 5.41) is 2.22. The number of aromatic amines is 1. The summed E-state index contributed by atoms with van der Waals surface area (Å²) in [6, 6.07) is 14.3. The van der Waals surface area contributed by atoms with Gasteiger partial charge in [-0.2, -0.15) is 4.98 Å². The van der Waals surface area contributed by atoms with Crippen LogP contribution in [0.1, 0.15) is 6.92 Å². The van der Waals surface area contributed by atoms with Crippen LogP contribution in [0.3, 0.4) is 0 Å². The van der Waals surface area contributed by atoms with Crippen molar-refractivity contribution in [1.29, 1.82) is 0 Å². The molecule has 1 aromatic carbocycles. The van der Waals surface area contributed by atoms with E-state index in [4.69, 9.17) is 4.74 Å². The average Bonchev–Trinajstić information content (AvgIpc) is 2.98. The van der Waals surface area contributed by atoms with Gasteiger partial charge >= 0.3 is 0 Å². The SMILES string of the molecule is CCOc1ccc2c(-c3ccc4ncccc4c3)c[nH]c2n1. The highest BCUT2D eigenvalue weighted by Crippen LogP contribution is 2.30. The summed E-state index contributed by atoms with van der Waals surface area (Å²) in [6.07, 6.45) is 3.80. The van der Waals surface area contributed by atoms with Gasteiger partial charge in [0.15, 0.2) is 0 Å². The smallest absolute Gasteiger partial charge is 0.215 e. The Balaban J connectivity index is 1.85. The quantitative estimate of drug-likeness (QED) is 0.615. The van der Waals surface area contributed by atoms with E-state index in [1.807, 2.05) is 43.6 Å². The van der Waals surface area contributed by atoms with Crippen LogP contribution in [0.2, 0.25) is 0 Å². The maximum absolute atomic E-state index is 5.45. The Morgan fingerprint density at radius 3 is 3.00 bits per heavy atom. The Kier molecular flexibility index (Phi) is 3.00. The molecule has 0 atom stereocenters. The summed E-state index contributed by atoms with van der Waals surface area (Å²) >= 11 is 0.